The van der Waals surface area contributed by atoms with Crippen LogP contribution in [-0.4, -0.2) is 41.6 Å². The van der Waals surface area contributed by atoms with Crippen molar-refractivity contribution >= 4 is 11.8 Å². The summed E-state index contributed by atoms with van der Waals surface area (Å²) in [5.74, 6) is -0.270. The lowest BCUT2D eigenvalue weighted by Crippen LogP contribution is -2.55. The molecule has 0 radical (unpaired) electrons. The van der Waals surface area contributed by atoms with Gasteiger partial charge < -0.3 is 14.4 Å². The minimum Gasteiger partial charge on any atom is -0.462 e. The Hall–Kier alpha value is -0.940. The highest BCUT2D eigenvalue weighted by molar-refractivity contribution is 5.81. The van der Waals surface area contributed by atoms with E-state index in [1.165, 1.54) is 6.92 Å². The van der Waals surface area contributed by atoms with E-state index in [9.17, 15) is 9.59 Å². The zero-order valence-corrected chi connectivity index (χ0v) is 12.6. The molecule has 0 aromatic carbocycles. The molecule has 0 spiro atoms. The largest absolute Gasteiger partial charge is 0.462 e. The van der Waals surface area contributed by atoms with Gasteiger partial charge in [0, 0.05) is 30.8 Å². The second-order valence-electron chi connectivity index (χ2n) is 5.92. The van der Waals surface area contributed by atoms with Crippen LogP contribution in [-0.2, 0) is 19.2 Å². The molecule has 0 aromatic rings. The molecule has 1 saturated heterocycles. The minimum absolute atomic E-state index is 0.0138. The standard InChI is InChI=1S/C14H25NO4/c1-10-8-12(9-14(3,4)15(10)18-5)19-13(17)7-6-11(2)16/h10,12H,6-9H2,1-5H3. The molecule has 0 amide bonds. The van der Waals surface area contributed by atoms with Crippen molar-refractivity contribution in [2.24, 2.45) is 0 Å². The third kappa shape index (κ3) is 4.58. The lowest BCUT2D eigenvalue weighted by molar-refractivity contribution is -0.247. The molecule has 0 bridgehead atoms. The third-order valence-corrected chi connectivity index (χ3v) is 3.50. The second kappa shape index (κ2) is 6.48. The first kappa shape index (κ1) is 16.1. The lowest BCUT2D eigenvalue weighted by atomic mass is 9.87. The summed E-state index contributed by atoms with van der Waals surface area (Å²) in [5.41, 5.74) is -0.169. The molecule has 0 aliphatic carbocycles. The fraction of sp³-hybridized carbons (Fsp3) is 0.857. The average molecular weight is 271 g/mol. The Morgan fingerprint density at radius 1 is 1.32 bits per heavy atom. The maximum atomic E-state index is 11.7. The van der Waals surface area contributed by atoms with Crippen LogP contribution in [0.3, 0.4) is 0 Å². The average Bonchev–Trinajstić information content (AvgIpc) is 2.24. The van der Waals surface area contributed by atoms with E-state index in [2.05, 4.69) is 20.8 Å². The summed E-state index contributed by atoms with van der Waals surface area (Å²) in [6, 6.07) is 0.194. The van der Waals surface area contributed by atoms with Crippen LogP contribution >= 0.6 is 0 Å². The van der Waals surface area contributed by atoms with Gasteiger partial charge in [0.05, 0.1) is 13.5 Å². The summed E-state index contributed by atoms with van der Waals surface area (Å²) >= 11 is 0. The molecule has 1 heterocycles. The lowest BCUT2D eigenvalue weighted by Gasteiger charge is -2.47. The van der Waals surface area contributed by atoms with Crippen molar-refractivity contribution in [2.45, 2.75) is 71.1 Å². The number of esters is 1. The van der Waals surface area contributed by atoms with Gasteiger partial charge in [0.25, 0.3) is 0 Å². The van der Waals surface area contributed by atoms with Crippen LogP contribution < -0.4 is 0 Å². The number of rotatable bonds is 5. The van der Waals surface area contributed by atoms with Crippen LogP contribution in [0.25, 0.3) is 0 Å². The normalized spacial score (nSPS) is 27.0. The zero-order chi connectivity index (χ0) is 14.6. The predicted octanol–water partition coefficient (Wildman–Crippen LogP) is 2.09. The highest BCUT2D eigenvalue weighted by Gasteiger charge is 2.41. The van der Waals surface area contributed by atoms with Gasteiger partial charge in [0.15, 0.2) is 0 Å². The second-order valence-corrected chi connectivity index (χ2v) is 5.92. The van der Waals surface area contributed by atoms with Gasteiger partial charge in [-0.15, -0.1) is 0 Å². The van der Waals surface area contributed by atoms with E-state index in [0.29, 0.717) is 0 Å². The molecule has 2 atom stereocenters. The zero-order valence-electron chi connectivity index (χ0n) is 12.6. The summed E-state index contributed by atoms with van der Waals surface area (Å²) in [5, 5.41) is 1.95. The molecule has 5 heteroatoms. The molecule has 1 rings (SSSR count). The number of hydrogen-bond acceptors (Lipinski definition) is 5. The molecule has 1 aliphatic heterocycles. The molecular weight excluding hydrogens is 246 g/mol. The van der Waals surface area contributed by atoms with Crippen LogP contribution in [0.5, 0.6) is 0 Å². The smallest absolute Gasteiger partial charge is 0.306 e. The summed E-state index contributed by atoms with van der Waals surface area (Å²) in [6.45, 7) is 7.68. The van der Waals surface area contributed by atoms with E-state index in [1.807, 2.05) is 5.06 Å². The molecule has 0 N–H and O–H groups in total. The first-order chi connectivity index (χ1) is 8.76. The van der Waals surface area contributed by atoms with E-state index in [4.69, 9.17) is 9.57 Å². The van der Waals surface area contributed by atoms with Crippen LogP contribution in [0, 0.1) is 0 Å². The van der Waals surface area contributed by atoms with Gasteiger partial charge >= 0.3 is 5.97 Å². The van der Waals surface area contributed by atoms with Crippen LogP contribution in [0.1, 0.15) is 53.4 Å². The van der Waals surface area contributed by atoms with E-state index >= 15 is 0 Å². The quantitative estimate of drug-likeness (QED) is 0.717. The number of nitrogens with zero attached hydrogens (tertiary/aromatic N) is 1. The topological polar surface area (TPSA) is 55.8 Å². The number of hydroxylamine groups is 2. The first-order valence-corrected chi connectivity index (χ1v) is 6.78. The Morgan fingerprint density at radius 3 is 2.42 bits per heavy atom. The van der Waals surface area contributed by atoms with Gasteiger partial charge in [-0.05, 0) is 27.7 Å². The Kier molecular flexibility index (Phi) is 5.50. The SMILES string of the molecule is CON1C(C)CC(OC(=O)CCC(C)=O)CC1(C)C. The van der Waals surface area contributed by atoms with Gasteiger partial charge in [-0.3, -0.25) is 4.79 Å². The van der Waals surface area contributed by atoms with Crippen molar-refractivity contribution in [3.63, 3.8) is 0 Å². The molecule has 1 fully saturated rings. The molecule has 5 nitrogen and oxygen atoms in total. The molecule has 0 saturated carbocycles. The Labute approximate surface area is 115 Å². The molecule has 2 unspecified atom stereocenters. The van der Waals surface area contributed by atoms with Crippen molar-refractivity contribution in [1.29, 1.82) is 0 Å². The van der Waals surface area contributed by atoms with Crippen molar-refractivity contribution < 1.29 is 19.2 Å². The van der Waals surface area contributed by atoms with Crippen molar-refractivity contribution in [2.75, 3.05) is 7.11 Å². The summed E-state index contributed by atoms with van der Waals surface area (Å²) < 4.78 is 5.47. The number of Topliss-reactive ketones (excluding diaryl/α,β-unsaturated/α-hetero) is 1. The molecule has 0 aromatic heterocycles. The first-order valence-electron chi connectivity index (χ1n) is 6.78. The van der Waals surface area contributed by atoms with Crippen molar-refractivity contribution in [1.82, 2.24) is 5.06 Å². The molecular formula is C14H25NO4. The van der Waals surface area contributed by atoms with Crippen LogP contribution in [0.2, 0.25) is 0 Å². The third-order valence-electron chi connectivity index (χ3n) is 3.50. The minimum atomic E-state index is -0.283. The number of ether oxygens (including phenoxy) is 1. The maximum Gasteiger partial charge on any atom is 0.306 e. The molecule has 110 valence electrons. The van der Waals surface area contributed by atoms with Gasteiger partial charge in [-0.25, -0.2) is 0 Å². The van der Waals surface area contributed by atoms with Gasteiger partial charge in [0.2, 0.25) is 0 Å². The van der Waals surface area contributed by atoms with Crippen LogP contribution in [0.4, 0.5) is 0 Å². The van der Waals surface area contributed by atoms with E-state index < -0.39 is 0 Å². The fourth-order valence-electron chi connectivity index (χ4n) is 2.84. The summed E-state index contributed by atoms with van der Waals surface area (Å²) in [7, 11) is 1.66. The van der Waals surface area contributed by atoms with Gasteiger partial charge in [-0.1, -0.05) is 0 Å². The van der Waals surface area contributed by atoms with E-state index in [-0.39, 0.29) is 42.3 Å². The van der Waals surface area contributed by atoms with Crippen LogP contribution in [0.15, 0.2) is 0 Å². The highest BCUT2D eigenvalue weighted by atomic mass is 16.7. The number of hydrogen-bond donors (Lipinski definition) is 0. The van der Waals surface area contributed by atoms with E-state index in [0.717, 1.165) is 12.8 Å². The summed E-state index contributed by atoms with van der Waals surface area (Å²) in [6.07, 6.45) is 1.82. The Morgan fingerprint density at radius 2 is 1.95 bits per heavy atom. The van der Waals surface area contributed by atoms with Crippen molar-refractivity contribution in [3.05, 3.63) is 0 Å². The number of ketones is 1. The number of piperidine rings is 1. The van der Waals surface area contributed by atoms with Gasteiger partial charge in [0.1, 0.15) is 11.9 Å². The monoisotopic (exact) mass is 271 g/mol. The fourth-order valence-corrected chi connectivity index (χ4v) is 2.84. The van der Waals surface area contributed by atoms with E-state index in [1.54, 1.807) is 7.11 Å². The Balaban J connectivity index is 2.53. The van der Waals surface area contributed by atoms with Crippen molar-refractivity contribution in [3.8, 4) is 0 Å². The highest BCUT2D eigenvalue weighted by Crippen LogP contribution is 2.33. The Bertz CT molecular complexity index is 340. The molecule has 1 aliphatic rings. The number of carbonyl (C=O) groups excluding carboxylic acids is 2. The van der Waals surface area contributed by atoms with Gasteiger partial charge in [-0.2, -0.15) is 5.06 Å². The number of carbonyl (C=O) groups is 2. The predicted molar refractivity (Wildman–Crippen MR) is 71.4 cm³/mol. The summed E-state index contributed by atoms with van der Waals surface area (Å²) in [4.78, 5) is 27.9. The molecule has 19 heavy (non-hydrogen) atoms. The maximum absolute atomic E-state index is 11.7.